The smallest absolute Gasteiger partial charge is 0.290 e. The number of nitrogens with two attached hydrogens (primary N) is 1. The van der Waals surface area contributed by atoms with Crippen molar-refractivity contribution in [2.75, 3.05) is 12.8 Å². The van der Waals surface area contributed by atoms with E-state index >= 15 is 0 Å². The number of nitrogens with zero attached hydrogens (tertiary/aromatic N) is 2. The summed E-state index contributed by atoms with van der Waals surface area (Å²) in [6, 6.07) is 8.94. The molecule has 1 heterocycles. The molecule has 0 bridgehead atoms. The molecule has 0 radical (unpaired) electrons. The van der Waals surface area contributed by atoms with Crippen molar-refractivity contribution in [2.24, 2.45) is 0 Å². The highest BCUT2D eigenvalue weighted by Gasteiger charge is 2.05. The summed E-state index contributed by atoms with van der Waals surface area (Å²) in [7, 11) is 1.61. The highest BCUT2D eigenvalue weighted by Crippen LogP contribution is 2.12. The van der Waals surface area contributed by atoms with Gasteiger partial charge in [-0.3, -0.25) is 4.79 Å². The fourth-order valence-corrected chi connectivity index (χ4v) is 1.69. The van der Waals surface area contributed by atoms with Gasteiger partial charge in [0.2, 0.25) is 0 Å². The summed E-state index contributed by atoms with van der Waals surface area (Å²) in [5, 5.41) is 4.16. The van der Waals surface area contributed by atoms with Gasteiger partial charge in [-0.1, -0.05) is 18.7 Å². The molecule has 1 aromatic carbocycles. The minimum absolute atomic E-state index is 0.165. The summed E-state index contributed by atoms with van der Waals surface area (Å²) >= 11 is 0. The molecule has 0 saturated heterocycles. The first-order valence-electron chi connectivity index (χ1n) is 5.77. The fourth-order valence-electron chi connectivity index (χ4n) is 1.69. The topological polar surface area (TPSA) is 70.1 Å². The summed E-state index contributed by atoms with van der Waals surface area (Å²) in [6.07, 6.45) is 1.56. The zero-order valence-corrected chi connectivity index (χ0v) is 10.7. The second-order valence-electron chi connectivity index (χ2n) is 4.04. The van der Waals surface area contributed by atoms with Crippen LogP contribution in [0.2, 0.25) is 0 Å². The molecule has 2 aromatic rings. The number of hydrogen-bond acceptors (Lipinski definition) is 4. The molecule has 5 heteroatoms. The van der Waals surface area contributed by atoms with Crippen molar-refractivity contribution < 1.29 is 4.74 Å². The lowest BCUT2D eigenvalue weighted by molar-refractivity contribution is 0.414. The summed E-state index contributed by atoms with van der Waals surface area (Å²) in [6.45, 7) is 3.98. The van der Waals surface area contributed by atoms with Crippen LogP contribution in [0, 0.1) is 0 Å². The Labute approximate surface area is 110 Å². The Hall–Kier alpha value is -2.56. The third-order valence-corrected chi connectivity index (χ3v) is 2.72. The molecular formula is C14H15N3O2. The van der Waals surface area contributed by atoms with Gasteiger partial charge in [-0.05, 0) is 29.8 Å². The van der Waals surface area contributed by atoms with E-state index < -0.39 is 0 Å². The second kappa shape index (κ2) is 5.39. The Bertz CT molecular complexity index is 645. The summed E-state index contributed by atoms with van der Waals surface area (Å²) in [5.74, 6) is 0.767. The van der Waals surface area contributed by atoms with Gasteiger partial charge in [0.1, 0.15) is 11.4 Å². The second-order valence-corrected chi connectivity index (χ2v) is 4.04. The van der Waals surface area contributed by atoms with Crippen molar-refractivity contribution >= 4 is 11.8 Å². The van der Waals surface area contributed by atoms with Gasteiger partial charge in [-0.15, -0.1) is 0 Å². The number of rotatable bonds is 4. The monoisotopic (exact) mass is 257 g/mol. The first-order valence-corrected chi connectivity index (χ1v) is 5.77. The van der Waals surface area contributed by atoms with E-state index in [0.29, 0.717) is 12.2 Å². The molecule has 2 rings (SSSR count). The van der Waals surface area contributed by atoms with Gasteiger partial charge in [0.15, 0.2) is 0 Å². The van der Waals surface area contributed by atoms with Gasteiger partial charge in [-0.2, -0.15) is 5.10 Å². The van der Waals surface area contributed by atoms with E-state index in [1.165, 1.54) is 10.7 Å². The summed E-state index contributed by atoms with van der Waals surface area (Å²) < 4.78 is 6.41. The minimum atomic E-state index is -0.304. The molecule has 98 valence electrons. The van der Waals surface area contributed by atoms with E-state index in [4.69, 9.17) is 10.5 Å². The van der Waals surface area contributed by atoms with Gasteiger partial charge in [0.25, 0.3) is 5.56 Å². The van der Waals surface area contributed by atoms with E-state index in [-0.39, 0.29) is 11.2 Å². The molecule has 0 amide bonds. The predicted octanol–water partition coefficient (Wildman–Crippen LogP) is 1.53. The van der Waals surface area contributed by atoms with Gasteiger partial charge in [0, 0.05) is 0 Å². The molecular weight excluding hydrogens is 242 g/mol. The number of hydrogen-bond donors (Lipinski definition) is 1. The first kappa shape index (κ1) is 12.9. The van der Waals surface area contributed by atoms with Crippen LogP contribution in [0.4, 0.5) is 5.69 Å². The molecule has 0 fully saturated rings. The van der Waals surface area contributed by atoms with Crippen LogP contribution in [0.5, 0.6) is 5.75 Å². The highest BCUT2D eigenvalue weighted by molar-refractivity contribution is 5.48. The SMILES string of the molecule is C=Cc1cc(N)c(=O)n(Cc2ccc(OC)cc2)n1. The molecule has 0 saturated carbocycles. The van der Waals surface area contributed by atoms with Crippen molar-refractivity contribution in [1.29, 1.82) is 0 Å². The van der Waals surface area contributed by atoms with Crippen LogP contribution < -0.4 is 16.0 Å². The Morgan fingerprint density at radius 3 is 2.68 bits per heavy atom. The maximum absolute atomic E-state index is 11.9. The predicted molar refractivity (Wildman–Crippen MR) is 75.1 cm³/mol. The van der Waals surface area contributed by atoms with Gasteiger partial charge < -0.3 is 10.5 Å². The lowest BCUT2D eigenvalue weighted by atomic mass is 10.2. The van der Waals surface area contributed by atoms with Crippen molar-refractivity contribution in [3.05, 3.63) is 58.5 Å². The Morgan fingerprint density at radius 2 is 2.11 bits per heavy atom. The zero-order valence-electron chi connectivity index (χ0n) is 10.7. The number of aromatic nitrogens is 2. The van der Waals surface area contributed by atoms with E-state index in [1.54, 1.807) is 13.2 Å². The average molecular weight is 257 g/mol. The molecule has 0 atom stereocenters. The lowest BCUT2D eigenvalue weighted by Crippen LogP contribution is -2.26. The van der Waals surface area contributed by atoms with Gasteiger partial charge in [0.05, 0.1) is 19.3 Å². The molecule has 1 aromatic heterocycles. The number of nitrogen functional groups attached to an aromatic ring is 1. The minimum Gasteiger partial charge on any atom is -0.497 e. The van der Waals surface area contributed by atoms with Crippen LogP contribution in [0.15, 0.2) is 41.7 Å². The zero-order chi connectivity index (χ0) is 13.8. The van der Waals surface area contributed by atoms with Crippen LogP contribution in [0.1, 0.15) is 11.3 Å². The number of ether oxygens (including phenoxy) is 1. The van der Waals surface area contributed by atoms with Crippen LogP contribution >= 0.6 is 0 Å². The molecule has 0 unspecified atom stereocenters. The molecule has 0 aliphatic carbocycles. The van der Waals surface area contributed by atoms with Crippen LogP contribution in [-0.2, 0) is 6.54 Å². The number of benzene rings is 1. The van der Waals surface area contributed by atoms with Crippen molar-refractivity contribution in [2.45, 2.75) is 6.54 Å². The van der Waals surface area contributed by atoms with Crippen molar-refractivity contribution in [3.63, 3.8) is 0 Å². The molecule has 5 nitrogen and oxygen atoms in total. The Kier molecular flexibility index (Phi) is 3.66. The van der Waals surface area contributed by atoms with Gasteiger partial charge in [-0.25, -0.2) is 4.68 Å². The average Bonchev–Trinajstić information content (AvgIpc) is 2.44. The normalized spacial score (nSPS) is 10.2. The molecule has 0 aliphatic heterocycles. The van der Waals surface area contributed by atoms with Crippen LogP contribution in [0.3, 0.4) is 0 Å². The van der Waals surface area contributed by atoms with E-state index in [0.717, 1.165) is 11.3 Å². The molecule has 19 heavy (non-hydrogen) atoms. The lowest BCUT2D eigenvalue weighted by Gasteiger charge is -2.07. The quantitative estimate of drug-likeness (QED) is 0.901. The van der Waals surface area contributed by atoms with E-state index in [9.17, 15) is 4.79 Å². The standard InChI is InChI=1S/C14H15N3O2/c1-3-11-8-13(15)14(18)17(16-11)9-10-4-6-12(19-2)7-5-10/h3-8H,1,9,15H2,2H3. The maximum Gasteiger partial charge on any atom is 0.290 e. The van der Waals surface area contributed by atoms with E-state index in [2.05, 4.69) is 11.7 Å². The number of anilines is 1. The third-order valence-electron chi connectivity index (χ3n) is 2.72. The summed E-state index contributed by atoms with van der Waals surface area (Å²) in [5.41, 5.74) is 7.03. The number of methoxy groups -OCH3 is 1. The largest absolute Gasteiger partial charge is 0.497 e. The van der Waals surface area contributed by atoms with Crippen molar-refractivity contribution in [1.82, 2.24) is 9.78 Å². The fraction of sp³-hybridized carbons (Fsp3) is 0.143. The molecule has 2 N–H and O–H groups in total. The van der Waals surface area contributed by atoms with Gasteiger partial charge >= 0.3 is 0 Å². The summed E-state index contributed by atoms with van der Waals surface area (Å²) in [4.78, 5) is 11.9. The first-order chi connectivity index (χ1) is 9.13. The molecule has 0 spiro atoms. The third kappa shape index (κ3) is 2.82. The molecule has 0 aliphatic rings. The van der Waals surface area contributed by atoms with Crippen molar-refractivity contribution in [3.8, 4) is 5.75 Å². The van der Waals surface area contributed by atoms with Crippen LogP contribution in [-0.4, -0.2) is 16.9 Å². The maximum atomic E-state index is 11.9. The Balaban J connectivity index is 2.34. The van der Waals surface area contributed by atoms with E-state index in [1.807, 2.05) is 24.3 Å². The Morgan fingerprint density at radius 1 is 1.42 bits per heavy atom. The highest BCUT2D eigenvalue weighted by atomic mass is 16.5. The van der Waals surface area contributed by atoms with Crippen LogP contribution in [0.25, 0.3) is 6.08 Å².